The van der Waals surface area contributed by atoms with Crippen LogP contribution in [0.1, 0.15) is 11.1 Å². The molecule has 2 rings (SSSR count). The second-order valence-corrected chi connectivity index (χ2v) is 5.11. The molecule has 0 aliphatic carbocycles. The highest BCUT2D eigenvalue weighted by Crippen LogP contribution is 2.21. The van der Waals surface area contributed by atoms with Crippen molar-refractivity contribution in [3.8, 4) is 11.5 Å². The number of ether oxygens (including phenoxy) is 2. The van der Waals surface area contributed by atoms with E-state index in [1.807, 2.05) is 24.1 Å². The number of halogens is 2. The fourth-order valence-electron chi connectivity index (χ4n) is 2.30. The van der Waals surface area contributed by atoms with E-state index in [2.05, 4.69) is 0 Å². The van der Waals surface area contributed by atoms with E-state index in [4.69, 9.17) is 9.47 Å². The highest BCUT2D eigenvalue weighted by molar-refractivity contribution is 5.30. The number of rotatable bonds is 6. The van der Waals surface area contributed by atoms with Crippen molar-refractivity contribution in [1.82, 2.24) is 4.90 Å². The molecule has 0 aliphatic heterocycles. The summed E-state index contributed by atoms with van der Waals surface area (Å²) in [5, 5.41) is 0. The van der Waals surface area contributed by atoms with E-state index in [9.17, 15) is 8.78 Å². The van der Waals surface area contributed by atoms with Gasteiger partial charge >= 0.3 is 0 Å². The quantitative estimate of drug-likeness (QED) is 0.813. The van der Waals surface area contributed by atoms with Crippen molar-refractivity contribution in [3.05, 3.63) is 59.2 Å². The average molecular weight is 307 g/mol. The van der Waals surface area contributed by atoms with E-state index in [1.165, 1.54) is 26.4 Å². The zero-order valence-electron chi connectivity index (χ0n) is 12.9. The second-order valence-electron chi connectivity index (χ2n) is 5.11. The number of hydrogen-bond donors (Lipinski definition) is 0. The Kier molecular flexibility index (Phi) is 5.33. The molecule has 0 heterocycles. The monoisotopic (exact) mass is 307 g/mol. The molecule has 0 N–H and O–H groups in total. The number of hydrogen-bond acceptors (Lipinski definition) is 3. The molecule has 0 amide bonds. The molecule has 0 saturated carbocycles. The van der Waals surface area contributed by atoms with Gasteiger partial charge < -0.3 is 9.47 Å². The summed E-state index contributed by atoms with van der Waals surface area (Å²) < 4.78 is 37.1. The van der Waals surface area contributed by atoms with E-state index in [0.717, 1.165) is 11.1 Å². The highest BCUT2D eigenvalue weighted by atomic mass is 19.1. The molecule has 2 aromatic rings. The van der Waals surface area contributed by atoms with Crippen molar-refractivity contribution in [1.29, 1.82) is 0 Å². The van der Waals surface area contributed by atoms with Crippen molar-refractivity contribution < 1.29 is 18.3 Å². The lowest BCUT2D eigenvalue weighted by atomic mass is 10.1. The SMILES string of the molecule is COc1ccc(CN(C)Cc2ccc(OC)c(F)c2)cc1F. The van der Waals surface area contributed by atoms with Gasteiger partial charge in [0, 0.05) is 13.1 Å². The molecule has 5 heteroatoms. The molecule has 0 bridgehead atoms. The summed E-state index contributed by atoms with van der Waals surface area (Å²) in [7, 11) is 4.76. The molecule has 0 atom stereocenters. The first-order valence-corrected chi connectivity index (χ1v) is 6.87. The molecule has 2 aromatic carbocycles. The van der Waals surface area contributed by atoms with Crippen LogP contribution >= 0.6 is 0 Å². The van der Waals surface area contributed by atoms with Gasteiger partial charge in [-0.25, -0.2) is 8.78 Å². The molecule has 0 unspecified atom stereocenters. The number of methoxy groups -OCH3 is 2. The fraction of sp³-hybridized carbons (Fsp3) is 0.294. The van der Waals surface area contributed by atoms with Gasteiger partial charge in [0.2, 0.25) is 0 Å². The van der Waals surface area contributed by atoms with Gasteiger partial charge in [-0.05, 0) is 42.4 Å². The van der Waals surface area contributed by atoms with Gasteiger partial charge in [-0.2, -0.15) is 0 Å². The molecule has 0 radical (unpaired) electrons. The largest absolute Gasteiger partial charge is 0.494 e. The topological polar surface area (TPSA) is 21.7 Å². The van der Waals surface area contributed by atoms with Gasteiger partial charge in [0.15, 0.2) is 23.1 Å². The van der Waals surface area contributed by atoms with Crippen molar-refractivity contribution in [2.24, 2.45) is 0 Å². The summed E-state index contributed by atoms with van der Waals surface area (Å²) in [4.78, 5) is 1.97. The molecule has 3 nitrogen and oxygen atoms in total. The summed E-state index contributed by atoms with van der Waals surface area (Å²) >= 11 is 0. The smallest absolute Gasteiger partial charge is 0.165 e. The van der Waals surface area contributed by atoms with Crippen LogP contribution in [0.5, 0.6) is 11.5 Å². The Morgan fingerprint density at radius 2 is 1.23 bits per heavy atom. The van der Waals surface area contributed by atoms with Crippen molar-refractivity contribution in [2.75, 3.05) is 21.3 Å². The van der Waals surface area contributed by atoms with Crippen LogP contribution in [0.15, 0.2) is 36.4 Å². The lowest BCUT2D eigenvalue weighted by Gasteiger charge is -2.17. The van der Waals surface area contributed by atoms with Crippen molar-refractivity contribution in [2.45, 2.75) is 13.1 Å². The summed E-state index contributed by atoms with van der Waals surface area (Å²) in [5.41, 5.74) is 1.66. The molecular formula is C17H19F2NO2. The predicted octanol–water partition coefficient (Wildman–Crippen LogP) is 3.61. The second kappa shape index (κ2) is 7.22. The van der Waals surface area contributed by atoms with E-state index in [-0.39, 0.29) is 23.1 Å². The molecule has 0 aliphatic rings. The Bertz CT molecular complexity index is 591. The number of benzene rings is 2. The Morgan fingerprint density at radius 3 is 1.55 bits per heavy atom. The summed E-state index contributed by atoms with van der Waals surface area (Å²) in [6.45, 7) is 1.10. The van der Waals surface area contributed by atoms with Gasteiger partial charge in [0.25, 0.3) is 0 Å². The van der Waals surface area contributed by atoms with E-state index < -0.39 is 0 Å². The van der Waals surface area contributed by atoms with Crippen molar-refractivity contribution >= 4 is 0 Å². The first-order valence-electron chi connectivity index (χ1n) is 6.87. The Balaban J connectivity index is 2.02. The van der Waals surface area contributed by atoms with E-state index in [1.54, 1.807) is 12.1 Å². The van der Waals surface area contributed by atoms with Crippen LogP contribution in [0.25, 0.3) is 0 Å². The first kappa shape index (κ1) is 16.2. The third-order valence-corrected chi connectivity index (χ3v) is 3.34. The van der Waals surface area contributed by atoms with Crippen LogP contribution in [0.4, 0.5) is 8.78 Å². The lowest BCUT2D eigenvalue weighted by molar-refractivity contribution is 0.316. The van der Waals surface area contributed by atoms with Crippen LogP contribution in [0.2, 0.25) is 0 Å². The maximum atomic E-state index is 13.7. The standard InChI is InChI=1S/C17H19F2NO2/c1-20(10-12-4-6-16(21-2)14(18)8-12)11-13-5-7-17(22-3)15(19)9-13/h4-9H,10-11H2,1-3H3. The van der Waals surface area contributed by atoms with Crippen LogP contribution in [0.3, 0.4) is 0 Å². The molecule has 118 valence electrons. The van der Waals surface area contributed by atoms with Crippen LogP contribution in [-0.2, 0) is 13.1 Å². The van der Waals surface area contributed by atoms with Gasteiger partial charge in [0.1, 0.15) is 0 Å². The Labute approximate surface area is 129 Å². The fourth-order valence-corrected chi connectivity index (χ4v) is 2.30. The first-order chi connectivity index (χ1) is 10.5. The van der Waals surface area contributed by atoms with E-state index >= 15 is 0 Å². The average Bonchev–Trinajstić information content (AvgIpc) is 2.47. The maximum absolute atomic E-state index is 13.7. The molecular weight excluding hydrogens is 288 g/mol. The lowest BCUT2D eigenvalue weighted by Crippen LogP contribution is -2.17. The van der Waals surface area contributed by atoms with Crippen LogP contribution in [0, 0.1) is 11.6 Å². The summed E-state index contributed by atoms with van der Waals surface area (Å²) in [5.74, 6) is -0.319. The molecule has 0 fully saturated rings. The Morgan fingerprint density at radius 1 is 0.818 bits per heavy atom. The van der Waals surface area contributed by atoms with Gasteiger partial charge in [-0.15, -0.1) is 0 Å². The summed E-state index contributed by atoms with van der Waals surface area (Å²) in [6.07, 6.45) is 0. The van der Waals surface area contributed by atoms with E-state index in [0.29, 0.717) is 13.1 Å². The normalized spacial score (nSPS) is 10.8. The predicted molar refractivity (Wildman–Crippen MR) is 81.1 cm³/mol. The zero-order chi connectivity index (χ0) is 16.1. The third kappa shape index (κ3) is 3.95. The zero-order valence-corrected chi connectivity index (χ0v) is 12.9. The van der Waals surface area contributed by atoms with Crippen LogP contribution in [-0.4, -0.2) is 26.2 Å². The van der Waals surface area contributed by atoms with Gasteiger partial charge in [-0.3, -0.25) is 4.90 Å². The van der Waals surface area contributed by atoms with Crippen LogP contribution < -0.4 is 9.47 Å². The molecule has 0 spiro atoms. The van der Waals surface area contributed by atoms with Gasteiger partial charge in [0.05, 0.1) is 14.2 Å². The Hall–Kier alpha value is -2.14. The van der Waals surface area contributed by atoms with Gasteiger partial charge in [-0.1, -0.05) is 12.1 Å². The minimum atomic E-state index is -0.385. The highest BCUT2D eigenvalue weighted by Gasteiger charge is 2.08. The minimum absolute atomic E-state index is 0.226. The molecule has 0 aromatic heterocycles. The minimum Gasteiger partial charge on any atom is -0.494 e. The van der Waals surface area contributed by atoms with Crippen molar-refractivity contribution in [3.63, 3.8) is 0 Å². The third-order valence-electron chi connectivity index (χ3n) is 3.34. The molecule has 22 heavy (non-hydrogen) atoms. The number of nitrogens with zero attached hydrogens (tertiary/aromatic N) is 1. The molecule has 0 saturated heterocycles. The maximum Gasteiger partial charge on any atom is 0.165 e. The summed E-state index contributed by atoms with van der Waals surface area (Å²) in [6, 6.07) is 9.73.